The van der Waals surface area contributed by atoms with Crippen molar-refractivity contribution in [3.8, 4) is 0 Å². The molecular weight excluding hydrogens is 473 g/mol. The lowest BCUT2D eigenvalue weighted by atomic mass is 10.1. The van der Waals surface area contributed by atoms with Crippen LogP contribution in [0.2, 0.25) is 0 Å². The minimum absolute atomic E-state index is 0.0134. The minimum Gasteiger partial charge on any atom is -0.325 e. The molecule has 7 heteroatoms. The van der Waals surface area contributed by atoms with Gasteiger partial charge in [0.25, 0.3) is 0 Å². The number of aliphatic imine (C=N–C) groups is 1. The van der Waals surface area contributed by atoms with Crippen molar-refractivity contribution in [3.05, 3.63) is 108 Å². The zero-order chi connectivity index (χ0) is 25.1. The topological polar surface area (TPSA) is 61.8 Å². The fourth-order valence-corrected chi connectivity index (χ4v) is 5.23. The highest BCUT2D eigenvalue weighted by Crippen LogP contribution is 2.33. The summed E-state index contributed by atoms with van der Waals surface area (Å²) in [6, 6.07) is 27.3. The SMILES string of the molecule is Cc1ccc(N=C2SC(CC(=O)Nc3cccc4ccccc34)C(=O)N2Cc2ccc(F)cc2)cc1. The fraction of sp³-hybridized carbons (Fsp3) is 0.138. The number of fused-ring (bicyclic) bond motifs is 1. The molecule has 0 aliphatic carbocycles. The van der Waals surface area contributed by atoms with Crippen molar-refractivity contribution in [1.29, 1.82) is 0 Å². The first kappa shape index (κ1) is 23.8. The maximum Gasteiger partial charge on any atom is 0.242 e. The van der Waals surface area contributed by atoms with Crippen LogP contribution in [-0.2, 0) is 16.1 Å². The van der Waals surface area contributed by atoms with Crippen molar-refractivity contribution in [2.45, 2.75) is 25.1 Å². The molecule has 0 aromatic heterocycles. The lowest BCUT2D eigenvalue weighted by molar-refractivity contribution is -0.128. The Hall–Kier alpha value is -3.97. The van der Waals surface area contributed by atoms with Crippen LogP contribution in [0.3, 0.4) is 0 Å². The highest BCUT2D eigenvalue weighted by atomic mass is 32.2. The smallest absolute Gasteiger partial charge is 0.242 e. The van der Waals surface area contributed by atoms with E-state index in [2.05, 4.69) is 5.32 Å². The number of aryl methyl sites for hydroxylation is 1. The first-order chi connectivity index (χ1) is 17.5. The normalized spacial score (nSPS) is 16.6. The predicted octanol–water partition coefficient (Wildman–Crippen LogP) is 6.45. The van der Waals surface area contributed by atoms with Crippen molar-refractivity contribution in [3.63, 3.8) is 0 Å². The van der Waals surface area contributed by atoms with E-state index in [1.165, 1.54) is 23.9 Å². The third-order valence-corrected chi connectivity index (χ3v) is 7.14. The molecule has 0 saturated carbocycles. The number of carbonyl (C=O) groups excluding carboxylic acids is 2. The molecule has 1 aliphatic rings. The number of amides is 2. The van der Waals surface area contributed by atoms with E-state index in [0.29, 0.717) is 10.9 Å². The number of benzene rings is 4. The summed E-state index contributed by atoms with van der Waals surface area (Å²) < 4.78 is 13.4. The molecule has 0 radical (unpaired) electrons. The van der Waals surface area contributed by atoms with Gasteiger partial charge in [-0.2, -0.15) is 0 Å². The van der Waals surface area contributed by atoms with Gasteiger partial charge in [0.05, 0.1) is 12.2 Å². The summed E-state index contributed by atoms with van der Waals surface area (Å²) in [7, 11) is 0. The molecule has 180 valence electrons. The molecule has 1 fully saturated rings. The van der Waals surface area contributed by atoms with Crippen molar-refractivity contribution in [2.75, 3.05) is 5.32 Å². The molecule has 4 aromatic rings. The van der Waals surface area contributed by atoms with Gasteiger partial charge >= 0.3 is 0 Å². The highest BCUT2D eigenvalue weighted by Gasteiger charge is 2.39. The summed E-state index contributed by atoms with van der Waals surface area (Å²) in [5.74, 6) is -0.767. The highest BCUT2D eigenvalue weighted by molar-refractivity contribution is 8.15. The molecule has 1 unspecified atom stereocenters. The van der Waals surface area contributed by atoms with Gasteiger partial charge in [0.2, 0.25) is 11.8 Å². The van der Waals surface area contributed by atoms with Gasteiger partial charge in [0, 0.05) is 17.5 Å². The number of halogens is 1. The van der Waals surface area contributed by atoms with Crippen LogP contribution in [0, 0.1) is 12.7 Å². The molecular formula is C29H24FN3O2S. The second-order valence-electron chi connectivity index (χ2n) is 8.67. The van der Waals surface area contributed by atoms with Crippen molar-refractivity contribution >= 4 is 50.9 Å². The van der Waals surface area contributed by atoms with Gasteiger partial charge in [0.1, 0.15) is 11.1 Å². The van der Waals surface area contributed by atoms with Gasteiger partial charge in [-0.3, -0.25) is 14.5 Å². The van der Waals surface area contributed by atoms with Crippen LogP contribution < -0.4 is 5.32 Å². The molecule has 1 aliphatic heterocycles. The number of anilines is 1. The van der Waals surface area contributed by atoms with Gasteiger partial charge in [-0.1, -0.05) is 78.0 Å². The van der Waals surface area contributed by atoms with E-state index in [-0.39, 0.29) is 30.6 Å². The molecule has 1 N–H and O–H groups in total. The molecule has 5 nitrogen and oxygen atoms in total. The summed E-state index contributed by atoms with van der Waals surface area (Å²) in [5, 5.41) is 4.86. The van der Waals surface area contributed by atoms with Crippen LogP contribution >= 0.6 is 11.8 Å². The Morgan fingerprint density at radius 1 is 0.972 bits per heavy atom. The predicted molar refractivity (Wildman–Crippen MR) is 144 cm³/mol. The summed E-state index contributed by atoms with van der Waals surface area (Å²) in [4.78, 5) is 32.7. The molecule has 36 heavy (non-hydrogen) atoms. The van der Waals surface area contributed by atoms with Crippen LogP contribution in [0.15, 0.2) is 96.0 Å². The number of nitrogens with one attached hydrogen (secondary N) is 1. The lowest BCUT2D eigenvalue weighted by Crippen LogP contribution is -2.33. The minimum atomic E-state index is -0.607. The number of carbonyl (C=O) groups is 2. The summed E-state index contributed by atoms with van der Waals surface area (Å²) in [6.07, 6.45) is 0.0134. The van der Waals surface area contributed by atoms with Crippen LogP contribution in [0.5, 0.6) is 0 Å². The number of rotatable bonds is 6. The largest absolute Gasteiger partial charge is 0.325 e. The first-order valence-corrected chi connectivity index (χ1v) is 12.5. The van der Waals surface area contributed by atoms with Gasteiger partial charge in [-0.25, -0.2) is 9.38 Å². The van der Waals surface area contributed by atoms with Gasteiger partial charge in [-0.05, 0) is 48.2 Å². The monoisotopic (exact) mass is 497 g/mol. The van der Waals surface area contributed by atoms with Crippen LogP contribution in [-0.4, -0.2) is 27.1 Å². The lowest BCUT2D eigenvalue weighted by Gasteiger charge is -2.17. The van der Waals surface area contributed by atoms with Gasteiger partial charge in [0.15, 0.2) is 5.17 Å². The van der Waals surface area contributed by atoms with Crippen molar-refractivity contribution in [2.24, 2.45) is 4.99 Å². The van der Waals surface area contributed by atoms with E-state index >= 15 is 0 Å². The van der Waals surface area contributed by atoms with E-state index < -0.39 is 5.25 Å². The molecule has 5 rings (SSSR count). The standard InChI is InChI=1S/C29H24FN3O2S/c1-19-9-15-23(16-10-19)31-29-33(18-20-11-13-22(30)14-12-20)28(35)26(36-29)17-27(34)32-25-8-4-6-21-5-2-3-7-24(21)25/h2-16,26H,17-18H2,1H3,(H,32,34). The maximum atomic E-state index is 13.4. The summed E-state index contributed by atoms with van der Waals surface area (Å²) >= 11 is 1.28. The summed E-state index contributed by atoms with van der Waals surface area (Å²) in [6.45, 7) is 2.24. The molecule has 1 heterocycles. The zero-order valence-corrected chi connectivity index (χ0v) is 20.5. The third kappa shape index (κ3) is 5.31. The van der Waals surface area contributed by atoms with Crippen LogP contribution in [0.4, 0.5) is 15.8 Å². The van der Waals surface area contributed by atoms with E-state index in [0.717, 1.165) is 27.6 Å². The average molecular weight is 498 g/mol. The zero-order valence-electron chi connectivity index (χ0n) is 19.6. The molecule has 1 saturated heterocycles. The average Bonchev–Trinajstić information content (AvgIpc) is 3.15. The van der Waals surface area contributed by atoms with E-state index in [9.17, 15) is 14.0 Å². The van der Waals surface area contributed by atoms with Crippen LogP contribution in [0.1, 0.15) is 17.5 Å². The maximum absolute atomic E-state index is 13.4. The molecule has 4 aromatic carbocycles. The Bertz CT molecular complexity index is 1450. The second kappa shape index (κ2) is 10.3. The number of hydrogen-bond donors (Lipinski definition) is 1. The number of hydrogen-bond acceptors (Lipinski definition) is 4. The molecule has 2 amide bonds. The number of thioether (sulfide) groups is 1. The van der Waals surface area contributed by atoms with E-state index in [4.69, 9.17) is 4.99 Å². The summed E-state index contributed by atoms with van der Waals surface area (Å²) in [5.41, 5.74) is 3.33. The van der Waals surface area contributed by atoms with Crippen molar-refractivity contribution in [1.82, 2.24) is 4.90 Å². The fourth-order valence-electron chi connectivity index (χ4n) is 4.08. The van der Waals surface area contributed by atoms with Crippen molar-refractivity contribution < 1.29 is 14.0 Å². The van der Waals surface area contributed by atoms with E-state index in [1.54, 1.807) is 17.0 Å². The Balaban J connectivity index is 1.37. The Labute approximate surface area is 213 Å². The second-order valence-corrected chi connectivity index (χ2v) is 9.84. The van der Waals surface area contributed by atoms with Gasteiger partial charge in [-0.15, -0.1) is 0 Å². The Morgan fingerprint density at radius 2 is 1.69 bits per heavy atom. The Kier molecular flexibility index (Phi) is 6.82. The van der Waals surface area contributed by atoms with E-state index in [1.807, 2.05) is 73.7 Å². The third-order valence-electron chi connectivity index (χ3n) is 5.97. The quantitative estimate of drug-likeness (QED) is 0.333. The molecule has 1 atom stereocenters. The molecule has 0 bridgehead atoms. The number of nitrogens with zero attached hydrogens (tertiary/aromatic N) is 2. The first-order valence-electron chi connectivity index (χ1n) is 11.6. The number of amidine groups is 1. The van der Waals surface area contributed by atoms with Crippen LogP contribution in [0.25, 0.3) is 10.8 Å². The molecule has 0 spiro atoms. The Morgan fingerprint density at radius 3 is 2.47 bits per heavy atom. The van der Waals surface area contributed by atoms with Gasteiger partial charge < -0.3 is 5.32 Å².